The molecule has 1 saturated heterocycles. The van der Waals surface area contributed by atoms with Crippen LogP contribution in [0.5, 0.6) is 0 Å². The van der Waals surface area contributed by atoms with E-state index in [-0.39, 0.29) is 5.91 Å². The molecule has 2 aliphatic heterocycles. The highest BCUT2D eigenvalue weighted by Crippen LogP contribution is 2.28. The SMILES string of the molecule is O=C(CN1CCN(Cc2csc(-c3ccccc3)n2)CC1)N1CCc2ccccc21. The highest BCUT2D eigenvalue weighted by atomic mass is 32.1. The monoisotopic (exact) mass is 418 g/mol. The maximum absolute atomic E-state index is 12.8. The standard InChI is InChI=1S/C24H26N4OS/c29-23(28-11-10-19-6-4-5-9-22(19)28)17-27-14-12-26(13-15-27)16-21-18-30-24(25-21)20-7-2-1-3-8-20/h1-9,18H,10-17H2. The normalized spacial score (nSPS) is 17.3. The molecule has 0 unspecified atom stereocenters. The van der Waals surface area contributed by atoms with E-state index in [1.54, 1.807) is 11.3 Å². The lowest BCUT2D eigenvalue weighted by Crippen LogP contribution is -2.49. The van der Waals surface area contributed by atoms with Crippen molar-refractivity contribution in [2.75, 3.05) is 44.2 Å². The molecule has 5 rings (SSSR count). The van der Waals surface area contributed by atoms with Crippen LogP contribution in [0.1, 0.15) is 11.3 Å². The van der Waals surface area contributed by atoms with Gasteiger partial charge in [0.1, 0.15) is 5.01 Å². The van der Waals surface area contributed by atoms with Gasteiger partial charge in [-0.15, -0.1) is 11.3 Å². The number of amides is 1. The molecule has 0 atom stereocenters. The first-order chi connectivity index (χ1) is 14.8. The largest absolute Gasteiger partial charge is 0.311 e. The average Bonchev–Trinajstić information content (AvgIpc) is 3.43. The van der Waals surface area contributed by atoms with E-state index in [0.717, 1.165) is 62.1 Å². The minimum absolute atomic E-state index is 0.223. The second kappa shape index (κ2) is 8.68. The minimum Gasteiger partial charge on any atom is -0.311 e. The third-order valence-corrected chi connectivity index (χ3v) is 6.91. The van der Waals surface area contributed by atoms with Crippen molar-refractivity contribution in [3.8, 4) is 10.6 Å². The van der Waals surface area contributed by atoms with Crippen LogP contribution < -0.4 is 4.90 Å². The van der Waals surface area contributed by atoms with Gasteiger partial charge in [-0.25, -0.2) is 4.98 Å². The van der Waals surface area contributed by atoms with Crippen LogP contribution in [0.4, 0.5) is 5.69 Å². The van der Waals surface area contributed by atoms with E-state index in [9.17, 15) is 4.79 Å². The molecule has 154 valence electrons. The molecule has 0 bridgehead atoms. The average molecular weight is 419 g/mol. The third kappa shape index (κ3) is 4.17. The number of rotatable bonds is 5. The van der Waals surface area contributed by atoms with Crippen molar-refractivity contribution >= 4 is 22.9 Å². The first-order valence-corrected chi connectivity index (χ1v) is 11.5. The molecule has 1 amide bonds. The smallest absolute Gasteiger partial charge is 0.241 e. The van der Waals surface area contributed by atoms with Crippen LogP contribution in [0.15, 0.2) is 60.0 Å². The molecule has 5 nitrogen and oxygen atoms in total. The van der Waals surface area contributed by atoms with Gasteiger partial charge in [-0.05, 0) is 18.1 Å². The molecule has 1 fully saturated rings. The van der Waals surface area contributed by atoms with Crippen LogP contribution in [0.25, 0.3) is 10.6 Å². The summed E-state index contributed by atoms with van der Waals surface area (Å²) in [7, 11) is 0. The molecule has 1 aromatic heterocycles. The fraction of sp³-hybridized carbons (Fsp3) is 0.333. The van der Waals surface area contributed by atoms with Gasteiger partial charge >= 0.3 is 0 Å². The second-order valence-electron chi connectivity index (χ2n) is 7.99. The van der Waals surface area contributed by atoms with Gasteiger partial charge in [-0.2, -0.15) is 0 Å². The Kier molecular flexibility index (Phi) is 5.62. The lowest BCUT2D eigenvalue weighted by atomic mass is 10.2. The first kappa shape index (κ1) is 19.4. The van der Waals surface area contributed by atoms with Crippen molar-refractivity contribution in [3.63, 3.8) is 0 Å². The third-order valence-electron chi connectivity index (χ3n) is 5.97. The highest BCUT2D eigenvalue weighted by molar-refractivity contribution is 7.13. The molecule has 2 aliphatic rings. The Balaban J connectivity index is 1.12. The van der Waals surface area contributed by atoms with E-state index >= 15 is 0 Å². The number of hydrogen-bond donors (Lipinski definition) is 0. The molecule has 0 saturated carbocycles. The molecule has 30 heavy (non-hydrogen) atoms. The zero-order valence-corrected chi connectivity index (χ0v) is 17.9. The van der Waals surface area contributed by atoms with E-state index < -0.39 is 0 Å². The Hall–Kier alpha value is -2.54. The Bertz CT molecular complexity index is 1010. The minimum atomic E-state index is 0.223. The van der Waals surface area contributed by atoms with E-state index in [0.29, 0.717) is 6.54 Å². The van der Waals surface area contributed by atoms with Gasteiger partial charge < -0.3 is 4.90 Å². The number of para-hydroxylation sites is 1. The summed E-state index contributed by atoms with van der Waals surface area (Å²) >= 11 is 1.71. The number of carbonyl (C=O) groups is 1. The van der Waals surface area contributed by atoms with Gasteiger partial charge in [-0.1, -0.05) is 48.5 Å². The van der Waals surface area contributed by atoms with Gasteiger partial charge in [0.25, 0.3) is 0 Å². The van der Waals surface area contributed by atoms with Crippen molar-refractivity contribution < 1.29 is 4.79 Å². The number of benzene rings is 2. The first-order valence-electron chi connectivity index (χ1n) is 10.6. The summed E-state index contributed by atoms with van der Waals surface area (Å²) < 4.78 is 0. The second-order valence-corrected chi connectivity index (χ2v) is 8.84. The van der Waals surface area contributed by atoms with Crippen molar-refractivity contribution in [1.82, 2.24) is 14.8 Å². The maximum atomic E-state index is 12.8. The number of aromatic nitrogens is 1. The molecule has 2 aromatic carbocycles. The van der Waals surface area contributed by atoms with Crippen LogP contribution >= 0.6 is 11.3 Å². The van der Waals surface area contributed by atoms with Gasteiger partial charge in [0.15, 0.2) is 0 Å². The number of piperazine rings is 1. The lowest BCUT2D eigenvalue weighted by Gasteiger charge is -2.34. The molecule has 3 aromatic rings. The van der Waals surface area contributed by atoms with Crippen LogP contribution in [-0.4, -0.2) is 60.0 Å². The number of nitrogens with zero attached hydrogens (tertiary/aromatic N) is 4. The Morgan fingerprint density at radius 3 is 2.47 bits per heavy atom. The quantitative estimate of drug-likeness (QED) is 0.636. The van der Waals surface area contributed by atoms with Crippen molar-refractivity contribution in [2.45, 2.75) is 13.0 Å². The molecular formula is C24H26N4OS. The van der Waals surface area contributed by atoms with Gasteiger partial charge in [0.2, 0.25) is 5.91 Å². The number of thiazole rings is 1. The molecule has 6 heteroatoms. The Morgan fingerprint density at radius 1 is 0.900 bits per heavy atom. The maximum Gasteiger partial charge on any atom is 0.241 e. The molecule has 0 aliphatic carbocycles. The van der Waals surface area contributed by atoms with E-state index in [2.05, 4.69) is 57.6 Å². The number of hydrogen-bond acceptors (Lipinski definition) is 5. The van der Waals surface area contributed by atoms with Crippen LogP contribution in [-0.2, 0) is 17.8 Å². The van der Waals surface area contributed by atoms with E-state index in [1.165, 1.54) is 11.1 Å². The summed E-state index contributed by atoms with van der Waals surface area (Å²) in [6.07, 6.45) is 0.967. The van der Waals surface area contributed by atoms with Crippen molar-refractivity contribution in [2.24, 2.45) is 0 Å². The van der Waals surface area contributed by atoms with Crippen molar-refractivity contribution in [3.05, 3.63) is 71.2 Å². The van der Waals surface area contributed by atoms with Gasteiger partial charge in [-0.3, -0.25) is 14.6 Å². The Morgan fingerprint density at radius 2 is 1.63 bits per heavy atom. The topological polar surface area (TPSA) is 39.7 Å². The van der Waals surface area contributed by atoms with Gasteiger partial charge in [0, 0.05) is 55.9 Å². The predicted molar refractivity (Wildman–Crippen MR) is 122 cm³/mol. The molecule has 0 radical (unpaired) electrons. The molecule has 0 spiro atoms. The fourth-order valence-electron chi connectivity index (χ4n) is 4.30. The zero-order valence-electron chi connectivity index (χ0n) is 17.0. The summed E-state index contributed by atoms with van der Waals surface area (Å²) in [6, 6.07) is 18.6. The Labute approximate surface area is 181 Å². The summed E-state index contributed by atoms with van der Waals surface area (Å²) in [6.45, 7) is 6.01. The summed E-state index contributed by atoms with van der Waals surface area (Å²) in [5.74, 6) is 0.223. The summed E-state index contributed by atoms with van der Waals surface area (Å²) in [5, 5.41) is 3.25. The van der Waals surface area contributed by atoms with Crippen LogP contribution in [0.3, 0.4) is 0 Å². The van der Waals surface area contributed by atoms with E-state index in [1.807, 2.05) is 17.0 Å². The lowest BCUT2D eigenvalue weighted by molar-refractivity contribution is -0.120. The summed E-state index contributed by atoms with van der Waals surface area (Å²) in [4.78, 5) is 24.4. The van der Waals surface area contributed by atoms with Crippen molar-refractivity contribution in [1.29, 1.82) is 0 Å². The highest BCUT2D eigenvalue weighted by Gasteiger charge is 2.27. The number of carbonyl (C=O) groups excluding carboxylic acids is 1. The molecule has 3 heterocycles. The molecular weight excluding hydrogens is 392 g/mol. The van der Waals surface area contributed by atoms with Crippen LogP contribution in [0, 0.1) is 0 Å². The van der Waals surface area contributed by atoms with Gasteiger partial charge in [0.05, 0.1) is 12.2 Å². The number of anilines is 1. The number of fused-ring (bicyclic) bond motifs is 1. The predicted octanol–water partition coefficient (Wildman–Crippen LogP) is 3.52. The fourth-order valence-corrected chi connectivity index (χ4v) is 5.12. The van der Waals surface area contributed by atoms with Crippen LogP contribution in [0.2, 0.25) is 0 Å². The zero-order chi connectivity index (χ0) is 20.3. The van der Waals surface area contributed by atoms with E-state index in [4.69, 9.17) is 4.98 Å². The molecule has 0 N–H and O–H groups in total. The summed E-state index contributed by atoms with van der Waals surface area (Å²) in [5.41, 5.74) is 4.70.